The monoisotopic (exact) mass is 563 g/mol. The molecule has 1 amide bonds. The lowest BCUT2D eigenvalue weighted by molar-refractivity contribution is -0.0394. The first-order valence-corrected chi connectivity index (χ1v) is 14.4. The summed E-state index contributed by atoms with van der Waals surface area (Å²) in [6.07, 6.45) is 8.37. The number of ether oxygens (including phenoxy) is 3. The Kier molecular flexibility index (Phi) is 8.44. The first kappa shape index (κ1) is 28.8. The van der Waals surface area contributed by atoms with E-state index in [9.17, 15) is 4.79 Å². The second-order valence-electron chi connectivity index (χ2n) is 11.9. The van der Waals surface area contributed by atoms with Crippen molar-refractivity contribution in [3.63, 3.8) is 0 Å². The van der Waals surface area contributed by atoms with Gasteiger partial charge in [-0.2, -0.15) is 5.10 Å². The molecule has 5 rings (SSSR count). The van der Waals surface area contributed by atoms with E-state index in [1.165, 1.54) is 0 Å². The Hall–Kier alpha value is -3.73. The predicted octanol–water partition coefficient (Wildman–Crippen LogP) is 5.33. The lowest BCUT2D eigenvalue weighted by Crippen LogP contribution is -2.51. The van der Waals surface area contributed by atoms with Crippen molar-refractivity contribution in [2.45, 2.75) is 83.7 Å². The summed E-state index contributed by atoms with van der Waals surface area (Å²) in [5, 5.41) is 13.5. The third kappa shape index (κ3) is 6.61. The number of pyridine rings is 1. The second kappa shape index (κ2) is 12.0. The molecule has 2 fully saturated rings. The van der Waals surface area contributed by atoms with E-state index >= 15 is 0 Å². The van der Waals surface area contributed by atoms with Crippen LogP contribution in [-0.4, -0.2) is 80.9 Å². The zero-order valence-corrected chi connectivity index (χ0v) is 24.9. The smallest absolute Gasteiger partial charge is 0.410 e. The van der Waals surface area contributed by atoms with Crippen molar-refractivity contribution < 1.29 is 19.0 Å². The summed E-state index contributed by atoms with van der Waals surface area (Å²) in [5.74, 6) is 1.28. The summed E-state index contributed by atoms with van der Waals surface area (Å²) < 4.78 is 19.0. The van der Waals surface area contributed by atoms with E-state index in [0.29, 0.717) is 23.8 Å². The number of anilines is 1. The molecule has 41 heavy (non-hydrogen) atoms. The van der Waals surface area contributed by atoms with E-state index in [1.807, 2.05) is 74.1 Å². The van der Waals surface area contributed by atoms with Gasteiger partial charge >= 0.3 is 6.09 Å². The van der Waals surface area contributed by atoms with E-state index < -0.39 is 5.60 Å². The highest BCUT2D eigenvalue weighted by Gasteiger charge is 2.33. The maximum Gasteiger partial charge on any atom is 0.410 e. The van der Waals surface area contributed by atoms with Gasteiger partial charge in [0, 0.05) is 49.6 Å². The van der Waals surface area contributed by atoms with Crippen LogP contribution in [0.15, 0.2) is 36.7 Å². The molecule has 3 atom stereocenters. The Morgan fingerprint density at radius 1 is 1.10 bits per heavy atom. The molecule has 0 N–H and O–H groups in total. The van der Waals surface area contributed by atoms with Gasteiger partial charge in [0.05, 0.1) is 19.0 Å². The minimum atomic E-state index is -0.506. The summed E-state index contributed by atoms with van der Waals surface area (Å²) >= 11 is 0. The van der Waals surface area contributed by atoms with Crippen molar-refractivity contribution in [2.24, 2.45) is 0 Å². The number of piperidine rings is 1. The van der Waals surface area contributed by atoms with Gasteiger partial charge in [-0.3, -0.25) is 0 Å². The molecule has 0 radical (unpaired) electrons. The van der Waals surface area contributed by atoms with Gasteiger partial charge in [-0.05, 0) is 84.1 Å². The number of rotatable bonds is 6. The summed E-state index contributed by atoms with van der Waals surface area (Å²) in [4.78, 5) is 21.3. The van der Waals surface area contributed by atoms with Crippen LogP contribution in [0, 0.1) is 0 Å². The average molecular weight is 564 g/mol. The molecule has 0 saturated carbocycles. The lowest BCUT2D eigenvalue weighted by atomic mass is 9.97. The molecule has 11 heteroatoms. The van der Waals surface area contributed by atoms with Crippen LogP contribution in [-0.2, 0) is 9.47 Å². The van der Waals surface area contributed by atoms with Crippen molar-refractivity contribution in [3.05, 3.63) is 36.7 Å². The Morgan fingerprint density at radius 2 is 1.90 bits per heavy atom. The fourth-order valence-corrected chi connectivity index (χ4v) is 5.45. The zero-order valence-electron chi connectivity index (χ0n) is 24.9. The topological polar surface area (TPSA) is 108 Å². The zero-order chi connectivity index (χ0) is 29.1. The summed E-state index contributed by atoms with van der Waals surface area (Å²) in [6, 6.07) is 8.10. The van der Waals surface area contributed by atoms with Gasteiger partial charge in [-0.1, -0.05) is 0 Å². The van der Waals surface area contributed by atoms with Gasteiger partial charge in [-0.25, -0.2) is 14.5 Å². The Labute approximate surface area is 241 Å². The van der Waals surface area contributed by atoms with Gasteiger partial charge < -0.3 is 24.0 Å². The number of likely N-dealkylation sites (tertiary alicyclic amines) is 1. The number of hydrogen-bond donors (Lipinski definition) is 0. The van der Waals surface area contributed by atoms with Crippen LogP contribution >= 0.6 is 0 Å². The fraction of sp³-hybridized carbons (Fsp3) is 0.567. The Balaban J connectivity index is 1.25. The number of carbonyl (C=O) groups is 1. The highest BCUT2D eigenvalue weighted by Crippen LogP contribution is 2.33. The molecule has 2 aliphatic rings. The molecular weight excluding hydrogens is 522 g/mol. The highest BCUT2D eigenvalue weighted by atomic mass is 16.6. The van der Waals surface area contributed by atoms with Crippen LogP contribution in [0.1, 0.15) is 66.0 Å². The van der Waals surface area contributed by atoms with Crippen molar-refractivity contribution >= 4 is 11.9 Å². The van der Waals surface area contributed by atoms with Crippen molar-refractivity contribution in [3.8, 4) is 28.4 Å². The predicted molar refractivity (Wildman–Crippen MR) is 156 cm³/mol. The molecule has 3 aromatic rings. The molecule has 3 aromatic heterocycles. The molecule has 0 spiro atoms. The normalized spacial score (nSPS) is 21.4. The molecule has 11 nitrogen and oxygen atoms in total. The molecule has 5 heterocycles. The molecule has 0 aliphatic carbocycles. The minimum Gasteiger partial charge on any atom is -0.481 e. The Morgan fingerprint density at radius 3 is 2.56 bits per heavy atom. The third-order valence-electron chi connectivity index (χ3n) is 7.72. The third-order valence-corrected chi connectivity index (χ3v) is 7.72. The standard InChI is InChI=1S/C30H41N7O4/c1-20-17-22(14-15-36(20)29(38)41-30(2,3)4)35(5)26-13-12-25(33-34-26)24-11-10-23(28(32-24)39-6)21-18-31-37(19-21)27-9-7-8-16-40-27/h10-13,18-20,22,27H,7-9,14-17H2,1-6H3/t20-,22-,27?/m1/s1. The van der Waals surface area contributed by atoms with Crippen LogP contribution in [0.25, 0.3) is 22.5 Å². The van der Waals surface area contributed by atoms with Crippen LogP contribution < -0.4 is 9.64 Å². The van der Waals surface area contributed by atoms with Gasteiger partial charge in [0.25, 0.3) is 0 Å². The van der Waals surface area contributed by atoms with Gasteiger partial charge in [0.2, 0.25) is 5.88 Å². The summed E-state index contributed by atoms with van der Waals surface area (Å²) in [5.41, 5.74) is 2.61. The van der Waals surface area contributed by atoms with Crippen molar-refractivity contribution in [1.82, 2.24) is 29.9 Å². The molecule has 2 saturated heterocycles. The van der Waals surface area contributed by atoms with Crippen molar-refractivity contribution in [1.29, 1.82) is 0 Å². The number of hydrogen-bond acceptors (Lipinski definition) is 9. The largest absolute Gasteiger partial charge is 0.481 e. The average Bonchev–Trinajstić information content (AvgIpc) is 3.46. The number of amides is 1. The summed E-state index contributed by atoms with van der Waals surface area (Å²) in [7, 11) is 3.64. The van der Waals surface area contributed by atoms with Gasteiger partial charge in [-0.15, -0.1) is 10.2 Å². The van der Waals surface area contributed by atoms with E-state index in [-0.39, 0.29) is 24.4 Å². The molecule has 2 aliphatic heterocycles. The quantitative estimate of drug-likeness (QED) is 0.393. The molecule has 220 valence electrons. The first-order chi connectivity index (χ1) is 19.6. The SMILES string of the molecule is COc1nc(-c2ccc(N(C)[C@@H]3CCN(C(=O)OC(C)(C)C)[C@H](C)C3)nn2)ccc1-c1cnn(C2CCCCO2)c1. The molecule has 1 unspecified atom stereocenters. The lowest BCUT2D eigenvalue weighted by Gasteiger charge is -2.41. The second-order valence-corrected chi connectivity index (χ2v) is 11.9. The minimum absolute atomic E-state index is 0.0246. The highest BCUT2D eigenvalue weighted by molar-refractivity contribution is 5.71. The van der Waals surface area contributed by atoms with Crippen LogP contribution in [0.4, 0.5) is 10.6 Å². The van der Waals surface area contributed by atoms with Crippen LogP contribution in [0.5, 0.6) is 5.88 Å². The van der Waals surface area contributed by atoms with Crippen LogP contribution in [0.3, 0.4) is 0 Å². The number of aromatic nitrogens is 5. The maximum atomic E-state index is 12.6. The fourth-order valence-electron chi connectivity index (χ4n) is 5.45. The first-order valence-electron chi connectivity index (χ1n) is 14.4. The number of methoxy groups -OCH3 is 1. The maximum absolute atomic E-state index is 12.6. The van der Waals surface area contributed by atoms with Crippen LogP contribution in [0.2, 0.25) is 0 Å². The summed E-state index contributed by atoms with van der Waals surface area (Å²) in [6.45, 7) is 9.14. The van der Waals surface area contributed by atoms with E-state index in [2.05, 4.69) is 27.1 Å². The van der Waals surface area contributed by atoms with Gasteiger partial charge in [0.1, 0.15) is 17.5 Å². The molecule has 0 bridgehead atoms. The van der Waals surface area contributed by atoms with E-state index in [1.54, 1.807) is 7.11 Å². The van der Waals surface area contributed by atoms with E-state index in [0.717, 1.165) is 55.7 Å². The molecular formula is C30H41N7O4. The molecule has 0 aromatic carbocycles. The Bertz CT molecular complexity index is 1330. The van der Waals surface area contributed by atoms with E-state index in [4.69, 9.17) is 19.2 Å². The number of nitrogens with zero attached hydrogens (tertiary/aromatic N) is 7. The van der Waals surface area contributed by atoms with Crippen molar-refractivity contribution in [2.75, 3.05) is 32.2 Å². The van der Waals surface area contributed by atoms with Gasteiger partial charge in [0.15, 0.2) is 5.82 Å². The number of carbonyl (C=O) groups excluding carboxylic acids is 1.